The summed E-state index contributed by atoms with van der Waals surface area (Å²) < 4.78 is 32.8. The zero-order valence-corrected chi connectivity index (χ0v) is 13.0. The van der Waals surface area contributed by atoms with Gasteiger partial charge in [0, 0.05) is 12.6 Å². The van der Waals surface area contributed by atoms with Gasteiger partial charge in [0.2, 0.25) is 5.89 Å². The molecule has 1 aromatic heterocycles. The van der Waals surface area contributed by atoms with Crippen molar-refractivity contribution in [1.29, 1.82) is 0 Å². The summed E-state index contributed by atoms with van der Waals surface area (Å²) >= 11 is 0. The fourth-order valence-electron chi connectivity index (χ4n) is 3.23. The van der Waals surface area contributed by atoms with E-state index in [1.54, 1.807) is 0 Å². The molecule has 0 saturated carbocycles. The average Bonchev–Trinajstić information content (AvgIpc) is 2.95. The van der Waals surface area contributed by atoms with Gasteiger partial charge in [0.15, 0.2) is 0 Å². The smallest absolute Gasteiger partial charge is 0.232 e. The van der Waals surface area contributed by atoms with E-state index in [1.165, 1.54) is 24.5 Å². The SMILES string of the molecule is CC1CCCN(Cc2coc(-c3c(F)cccc3F)n2)C1CO. The van der Waals surface area contributed by atoms with E-state index in [-0.39, 0.29) is 24.1 Å². The molecule has 23 heavy (non-hydrogen) atoms. The number of oxazole rings is 1. The van der Waals surface area contributed by atoms with E-state index in [4.69, 9.17) is 4.42 Å². The third-order valence-electron chi connectivity index (χ3n) is 4.51. The fraction of sp³-hybridized carbons (Fsp3) is 0.471. The van der Waals surface area contributed by atoms with Crippen molar-refractivity contribution in [3.63, 3.8) is 0 Å². The van der Waals surface area contributed by atoms with Gasteiger partial charge in [-0.25, -0.2) is 13.8 Å². The molecule has 0 spiro atoms. The van der Waals surface area contributed by atoms with Crippen LogP contribution in [-0.4, -0.2) is 34.2 Å². The number of hydrogen-bond acceptors (Lipinski definition) is 4. The second kappa shape index (κ2) is 6.76. The lowest BCUT2D eigenvalue weighted by molar-refractivity contribution is 0.0463. The van der Waals surface area contributed by atoms with E-state index in [1.807, 2.05) is 0 Å². The standard InChI is InChI=1S/C17H20F2N2O2/c1-11-4-3-7-21(15(11)9-22)8-12-10-23-17(20-12)16-13(18)5-2-6-14(16)19/h2,5-6,10-11,15,22H,3-4,7-9H2,1H3. The summed E-state index contributed by atoms with van der Waals surface area (Å²) in [6.07, 6.45) is 3.57. The van der Waals surface area contributed by atoms with Crippen LogP contribution in [-0.2, 0) is 6.54 Å². The van der Waals surface area contributed by atoms with Crippen molar-refractivity contribution < 1.29 is 18.3 Å². The predicted molar refractivity (Wildman–Crippen MR) is 81.5 cm³/mol. The number of benzene rings is 1. The molecule has 1 fully saturated rings. The van der Waals surface area contributed by atoms with Crippen LogP contribution in [0.2, 0.25) is 0 Å². The number of rotatable bonds is 4. The van der Waals surface area contributed by atoms with Crippen LogP contribution in [0.25, 0.3) is 11.5 Å². The minimum atomic E-state index is -0.696. The lowest BCUT2D eigenvalue weighted by Gasteiger charge is -2.38. The quantitative estimate of drug-likeness (QED) is 0.939. The van der Waals surface area contributed by atoms with E-state index in [0.29, 0.717) is 18.2 Å². The normalized spacial score (nSPS) is 22.4. The summed E-state index contributed by atoms with van der Waals surface area (Å²) in [6, 6.07) is 3.74. The van der Waals surface area contributed by atoms with Crippen molar-refractivity contribution in [2.24, 2.45) is 5.92 Å². The Labute approximate surface area is 133 Å². The molecule has 0 aliphatic carbocycles. The molecule has 1 aliphatic rings. The first-order chi connectivity index (χ1) is 11.1. The summed E-state index contributed by atoms with van der Waals surface area (Å²) in [4.78, 5) is 6.37. The highest BCUT2D eigenvalue weighted by Gasteiger charge is 2.28. The van der Waals surface area contributed by atoms with Crippen LogP contribution in [0.3, 0.4) is 0 Å². The molecule has 0 amide bonds. The van der Waals surface area contributed by atoms with Crippen LogP contribution in [0.1, 0.15) is 25.5 Å². The van der Waals surface area contributed by atoms with Crippen molar-refractivity contribution in [1.82, 2.24) is 9.88 Å². The highest BCUT2D eigenvalue weighted by Crippen LogP contribution is 2.27. The van der Waals surface area contributed by atoms with Gasteiger partial charge in [-0.3, -0.25) is 4.90 Å². The van der Waals surface area contributed by atoms with E-state index >= 15 is 0 Å². The van der Waals surface area contributed by atoms with E-state index < -0.39 is 11.6 Å². The maximum atomic E-state index is 13.8. The molecule has 2 aromatic rings. The van der Waals surface area contributed by atoms with Crippen LogP contribution in [0.15, 0.2) is 28.9 Å². The fourth-order valence-corrected chi connectivity index (χ4v) is 3.23. The first-order valence-corrected chi connectivity index (χ1v) is 7.84. The lowest BCUT2D eigenvalue weighted by Crippen LogP contribution is -2.46. The van der Waals surface area contributed by atoms with Crippen molar-refractivity contribution in [3.8, 4) is 11.5 Å². The Balaban J connectivity index is 1.80. The maximum absolute atomic E-state index is 13.8. The Hall–Kier alpha value is -1.79. The summed E-state index contributed by atoms with van der Waals surface area (Å²) in [5.41, 5.74) is 0.361. The molecular weight excluding hydrogens is 302 g/mol. The van der Waals surface area contributed by atoms with Crippen molar-refractivity contribution in [3.05, 3.63) is 41.8 Å². The van der Waals surface area contributed by atoms with Crippen LogP contribution < -0.4 is 0 Å². The Kier molecular flexibility index (Phi) is 4.73. The number of aromatic nitrogens is 1. The second-order valence-electron chi connectivity index (χ2n) is 6.08. The monoisotopic (exact) mass is 322 g/mol. The van der Waals surface area contributed by atoms with Crippen molar-refractivity contribution >= 4 is 0 Å². The van der Waals surface area contributed by atoms with Gasteiger partial charge in [-0.2, -0.15) is 0 Å². The number of likely N-dealkylation sites (tertiary alicyclic amines) is 1. The number of hydrogen-bond donors (Lipinski definition) is 1. The van der Waals surface area contributed by atoms with Gasteiger partial charge in [0.1, 0.15) is 23.5 Å². The largest absolute Gasteiger partial charge is 0.444 e. The summed E-state index contributed by atoms with van der Waals surface area (Å²) in [5, 5.41) is 9.58. The Morgan fingerprint density at radius 3 is 2.78 bits per heavy atom. The summed E-state index contributed by atoms with van der Waals surface area (Å²) in [6.45, 7) is 3.57. The minimum Gasteiger partial charge on any atom is -0.444 e. The molecule has 0 radical (unpaired) electrons. The second-order valence-corrected chi connectivity index (χ2v) is 6.08. The number of aliphatic hydroxyl groups is 1. The maximum Gasteiger partial charge on any atom is 0.232 e. The molecule has 4 nitrogen and oxygen atoms in total. The minimum absolute atomic E-state index is 0.0544. The average molecular weight is 322 g/mol. The highest BCUT2D eigenvalue weighted by atomic mass is 19.1. The van der Waals surface area contributed by atoms with Crippen molar-refractivity contribution in [2.45, 2.75) is 32.4 Å². The lowest BCUT2D eigenvalue weighted by atomic mass is 9.91. The number of nitrogens with zero attached hydrogens (tertiary/aromatic N) is 2. The Bertz CT molecular complexity index is 654. The van der Waals surface area contributed by atoms with Gasteiger partial charge in [-0.1, -0.05) is 13.0 Å². The van der Waals surface area contributed by atoms with E-state index in [2.05, 4.69) is 16.8 Å². The Morgan fingerprint density at radius 2 is 2.09 bits per heavy atom. The van der Waals surface area contributed by atoms with Gasteiger partial charge in [-0.05, 0) is 37.4 Å². The zero-order valence-electron chi connectivity index (χ0n) is 13.0. The van der Waals surface area contributed by atoms with Crippen molar-refractivity contribution in [2.75, 3.05) is 13.2 Å². The molecular formula is C17H20F2N2O2. The molecule has 1 N–H and O–H groups in total. The van der Waals surface area contributed by atoms with E-state index in [0.717, 1.165) is 19.4 Å². The van der Waals surface area contributed by atoms with Gasteiger partial charge in [-0.15, -0.1) is 0 Å². The third-order valence-corrected chi connectivity index (χ3v) is 4.51. The first kappa shape index (κ1) is 16.1. The number of piperidine rings is 1. The highest BCUT2D eigenvalue weighted by molar-refractivity contribution is 5.55. The molecule has 2 atom stereocenters. The van der Waals surface area contributed by atoms with Gasteiger partial charge < -0.3 is 9.52 Å². The van der Waals surface area contributed by atoms with Crippen LogP contribution in [0.5, 0.6) is 0 Å². The number of aliphatic hydroxyl groups excluding tert-OH is 1. The first-order valence-electron chi connectivity index (χ1n) is 7.84. The topological polar surface area (TPSA) is 49.5 Å². The molecule has 1 aromatic carbocycles. The van der Waals surface area contributed by atoms with Crippen LogP contribution >= 0.6 is 0 Å². The molecule has 1 saturated heterocycles. The Morgan fingerprint density at radius 1 is 1.35 bits per heavy atom. The molecule has 0 bridgehead atoms. The van der Waals surface area contributed by atoms with Crippen LogP contribution in [0.4, 0.5) is 8.78 Å². The summed E-state index contributed by atoms with van der Waals surface area (Å²) in [7, 11) is 0. The number of halogens is 2. The van der Waals surface area contributed by atoms with Gasteiger partial charge in [0.25, 0.3) is 0 Å². The molecule has 2 heterocycles. The van der Waals surface area contributed by atoms with Gasteiger partial charge in [0.05, 0.1) is 12.3 Å². The molecule has 1 aliphatic heterocycles. The third kappa shape index (κ3) is 3.28. The van der Waals surface area contributed by atoms with Gasteiger partial charge >= 0.3 is 0 Å². The summed E-state index contributed by atoms with van der Waals surface area (Å²) in [5.74, 6) is -1.04. The molecule has 2 unspecified atom stereocenters. The zero-order chi connectivity index (χ0) is 16.4. The predicted octanol–water partition coefficient (Wildman–Crippen LogP) is 3.21. The molecule has 124 valence electrons. The van der Waals surface area contributed by atoms with E-state index in [9.17, 15) is 13.9 Å². The molecule has 6 heteroatoms. The molecule has 3 rings (SSSR count). The van der Waals surface area contributed by atoms with Crippen LogP contribution in [0, 0.1) is 17.6 Å².